The average Bonchev–Trinajstić information content (AvgIpc) is 2.64. The van der Waals surface area contributed by atoms with Crippen molar-refractivity contribution in [3.05, 3.63) is 33.4 Å². The summed E-state index contributed by atoms with van der Waals surface area (Å²) >= 11 is 2.22. The maximum atomic E-state index is 12.4. The molecule has 1 heterocycles. The Kier molecular flexibility index (Phi) is 5.59. The standard InChI is InChI=1S/C14H19IN2O2/c15-13-4-1-3-12(11-13)14(19)17-6-2-5-16(7-8-17)9-10-18/h1,3-4,11,18H,2,5-10H2. The van der Waals surface area contributed by atoms with Gasteiger partial charge in [-0.15, -0.1) is 0 Å². The SMILES string of the molecule is O=C(c1cccc(I)c1)N1CCCN(CCO)CC1. The minimum Gasteiger partial charge on any atom is -0.395 e. The molecule has 1 saturated heterocycles. The highest BCUT2D eigenvalue weighted by Gasteiger charge is 2.19. The number of hydrogen-bond donors (Lipinski definition) is 1. The highest BCUT2D eigenvalue weighted by atomic mass is 127. The Morgan fingerprint density at radius 2 is 2.11 bits per heavy atom. The summed E-state index contributed by atoms with van der Waals surface area (Å²) in [5.41, 5.74) is 0.766. The van der Waals surface area contributed by atoms with Crippen molar-refractivity contribution in [2.45, 2.75) is 6.42 Å². The molecule has 0 saturated carbocycles. The Labute approximate surface area is 127 Å². The van der Waals surface area contributed by atoms with Crippen molar-refractivity contribution in [3.8, 4) is 0 Å². The first kappa shape index (κ1) is 14.7. The molecule has 0 radical (unpaired) electrons. The van der Waals surface area contributed by atoms with E-state index >= 15 is 0 Å². The van der Waals surface area contributed by atoms with Gasteiger partial charge >= 0.3 is 0 Å². The summed E-state index contributed by atoms with van der Waals surface area (Å²) in [6, 6.07) is 7.72. The molecule has 4 nitrogen and oxygen atoms in total. The van der Waals surface area contributed by atoms with Crippen LogP contribution in [0.5, 0.6) is 0 Å². The predicted octanol–water partition coefficient (Wildman–Crippen LogP) is 1.43. The third kappa shape index (κ3) is 4.15. The number of carbonyl (C=O) groups excluding carboxylic acids is 1. The molecule has 1 aromatic rings. The Morgan fingerprint density at radius 1 is 1.26 bits per heavy atom. The summed E-state index contributed by atoms with van der Waals surface area (Å²) in [5.74, 6) is 0.115. The molecule has 0 spiro atoms. The number of halogens is 1. The van der Waals surface area contributed by atoms with Crippen molar-refractivity contribution in [2.24, 2.45) is 0 Å². The molecule has 1 N–H and O–H groups in total. The monoisotopic (exact) mass is 374 g/mol. The van der Waals surface area contributed by atoms with E-state index in [4.69, 9.17) is 5.11 Å². The second-order valence-electron chi connectivity index (χ2n) is 4.72. The Hall–Kier alpha value is -0.660. The van der Waals surface area contributed by atoms with Crippen LogP contribution in [-0.2, 0) is 0 Å². The number of aliphatic hydroxyl groups excluding tert-OH is 1. The fourth-order valence-electron chi connectivity index (χ4n) is 2.34. The highest BCUT2D eigenvalue weighted by molar-refractivity contribution is 14.1. The maximum Gasteiger partial charge on any atom is 0.253 e. The Balaban J connectivity index is 2.00. The van der Waals surface area contributed by atoms with Crippen LogP contribution in [0, 0.1) is 3.57 Å². The fraction of sp³-hybridized carbons (Fsp3) is 0.500. The Bertz CT molecular complexity index is 439. The molecule has 2 rings (SSSR count). The van der Waals surface area contributed by atoms with Crippen molar-refractivity contribution in [2.75, 3.05) is 39.3 Å². The van der Waals surface area contributed by atoms with E-state index < -0.39 is 0 Å². The van der Waals surface area contributed by atoms with Crippen LogP contribution in [0.15, 0.2) is 24.3 Å². The molecular formula is C14H19IN2O2. The maximum absolute atomic E-state index is 12.4. The summed E-state index contributed by atoms with van der Waals surface area (Å²) in [6.45, 7) is 4.22. The predicted molar refractivity (Wildman–Crippen MR) is 83.2 cm³/mol. The van der Waals surface area contributed by atoms with Crippen molar-refractivity contribution in [1.82, 2.24) is 9.80 Å². The first-order chi connectivity index (χ1) is 9.20. The lowest BCUT2D eigenvalue weighted by molar-refractivity contribution is 0.0760. The van der Waals surface area contributed by atoms with Gasteiger partial charge in [0.05, 0.1) is 6.61 Å². The van der Waals surface area contributed by atoms with Gasteiger partial charge in [-0.25, -0.2) is 0 Å². The molecule has 1 amide bonds. The zero-order chi connectivity index (χ0) is 13.7. The topological polar surface area (TPSA) is 43.8 Å². The van der Waals surface area contributed by atoms with Gasteiger partial charge in [0.2, 0.25) is 0 Å². The number of nitrogens with zero attached hydrogens (tertiary/aromatic N) is 2. The van der Waals surface area contributed by atoms with Gasteiger partial charge in [0.1, 0.15) is 0 Å². The lowest BCUT2D eigenvalue weighted by atomic mass is 10.2. The van der Waals surface area contributed by atoms with E-state index in [9.17, 15) is 4.79 Å². The van der Waals surface area contributed by atoms with E-state index in [1.165, 1.54) is 0 Å². The van der Waals surface area contributed by atoms with Gasteiger partial charge in [-0.3, -0.25) is 9.69 Å². The molecule has 0 bridgehead atoms. The summed E-state index contributed by atoms with van der Waals surface area (Å²) in [5, 5.41) is 8.97. The zero-order valence-electron chi connectivity index (χ0n) is 10.9. The van der Waals surface area contributed by atoms with Crippen molar-refractivity contribution >= 4 is 28.5 Å². The molecule has 104 valence electrons. The number of aliphatic hydroxyl groups is 1. The number of benzene rings is 1. The van der Waals surface area contributed by atoms with Gasteiger partial charge < -0.3 is 10.0 Å². The summed E-state index contributed by atoms with van der Waals surface area (Å²) < 4.78 is 1.08. The van der Waals surface area contributed by atoms with Crippen LogP contribution in [-0.4, -0.2) is 60.1 Å². The molecule has 0 aliphatic carbocycles. The van der Waals surface area contributed by atoms with Gasteiger partial charge in [-0.1, -0.05) is 6.07 Å². The molecule has 1 aromatic carbocycles. The lowest BCUT2D eigenvalue weighted by Crippen LogP contribution is -2.35. The first-order valence-corrected chi connectivity index (χ1v) is 7.66. The Morgan fingerprint density at radius 3 is 2.84 bits per heavy atom. The van der Waals surface area contributed by atoms with Crippen LogP contribution in [0.2, 0.25) is 0 Å². The quantitative estimate of drug-likeness (QED) is 0.815. The highest BCUT2D eigenvalue weighted by Crippen LogP contribution is 2.12. The van der Waals surface area contributed by atoms with Crippen LogP contribution < -0.4 is 0 Å². The third-order valence-electron chi connectivity index (χ3n) is 3.36. The van der Waals surface area contributed by atoms with E-state index in [-0.39, 0.29) is 12.5 Å². The van der Waals surface area contributed by atoms with Crippen LogP contribution in [0.3, 0.4) is 0 Å². The van der Waals surface area contributed by atoms with E-state index in [0.717, 1.165) is 41.7 Å². The largest absolute Gasteiger partial charge is 0.395 e. The zero-order valence-corrected chi connectivity index (χ0v) is 13.0. The normalized spacial score (nSPS) is 17.3. The molecule has 1 aliphatic heterocycles. The minimum absolute atomic E-state index is 0.115. The van der Waals surface area contributed by atoms with Crippen molar-refractivity contribution in [3.63, 3.8) is 0 Å². The number of β-amino-alcohol motifs (C(OH)–C–C–N with tert-alkyl or cyclic N) is 1. The van der Waals surface area contributed by atoms with Gasteiger partial charge in [0.25, 0.3) is 5.91 Å². The van der Waals surface area contributed by atoms with Crippen molar-refractivity contribution < 1.29 is 9.90 Å². The molecule has 0 atom stereocenters. The van der Waals surface area contributed by atoms with Crippen LogP contribution in [0.4, 0.5) is 0 Å². The number of amides is 1. The molecule has 5 heteroatoms. The average molecular weight is 374 g/mol. The summed E-state index contributed by atoms with van der Waals surface area (Å²) in [6.07, 6.45) is 0.968. The molecule has 1 aliphatic rings. The molecule has 19 heavy (non-hydrogen) atoms. The van der Waals surface area contributed by atoms with E-state index in [1.807, 2.05) is 29.2 Å². The van der Waals surface area contributed by atoms with Gasteiger partial charge in [0.15, 0.2) is 0 Å². The second-order valence-corrected chi connectivity index (χ2v) is 5.97. The van der Waals surface area contributed by atoms with Crippen LogP contribution >= 0.6 is 22.6 Å². The van der Waals surface area contributed by atoms with Gasteiger partial charge in [0, 0.05) is 35.3 Å². The van der Waals surface area contributed by atoms with E-state index in [0.29, 0.717) is 6.54 Å². The number of hydrogen-bond acceptors (Lipinski definition) is 3. The second kappa shape index (κ2) is 7.21. The van der Waals surface area contributed by atoms with Crippen LogP contribution in [0.1, 0.15) is 16.8 Å². The van der Waals surface area contributed by atoms with Gasteiger partial charge in [-0.2, -0.15) is 0 Å². The summed E-state index contributed by atoms with van der Waals surface area (Å²) in [4.78, 5) is 16.6. The van der Waals surface area contributed by atoms with E-state index in [2.05, 4.69) is 27.5 Å². The number of carbonyl (C=O) groups is 1. The van der Waals surface area contributed by atoms with Gasteiger partial charge in [-0.05, 0) is 53.8 Å². The first-order valence-electron chi connectivity index (χ1n) is 6.59. The van der Waals surface area contributed by atoms with Crippen molar-refractivity contribution in [1.29, 1.82) is 0 Å². The third-order valence-corrected chi connectivity index (χ3v) is 4.03. The molecule has 0 aromatic heterocycles. The molecular weight excluding hydrogens is 355 g/mol. The van der Waals surface area contributed by atoms with Crippen LogP contribution in [0.25, 0.3) is 0 Å². The number of rotatable bonds is 3. The molecule has 1 fully saturated rings. The molecule has 0 unspecified atom stereocenters. The smallest absolute Gasteiger partial charge is 0.253 e. The van der Waals surface area contributed by atoms with E-state index in [1.54, 1.807) is 0 Å². The fourth-order valence-corrected chi connectivity index (χ4v) is 2.89. The summed E-state index contributed by atoms with van der Waals surface area (Å²) in [7, 11) is 0. The minimum atomic E-state index is 0.115. The lowest BCUT2D eigenvalue weighted by Gasteiger charge is -2.21.